The van der Waals surface area contributed by atoms with Crippen LogP contribution in [0.5, 0.6) is 0 Å². The molecule has 1 aliphatic rings. The molecule has 0 aliphatic carbocycles. The fourth-order valence-electron chi connectivity index (χ4n) is 2.27. The number of nitrogens with zero attached hydrogens (tertiary/aromatic N) is 3. The van der Waals surface area contributed by atoms with Gasteiger partial charge in [0.1, 0.15) is 5.83 Å². The largest absolute Gasteiger partial charge is 0.300 e. The maximum Gasteiger partial charge on any atom is 0.108 e. The minimum absolute atomic E-state index is 0.0268. The molecule has 4 heteroatoms. The van der Waals surface area contributed by atoms with Gasteiger partial charge < -0.3 is 4.90 Å². The van der Waals surface area contributed by atoms with Crippen molar-refractivity contribution in [3.05, 3.63) is 35.9 Å². The third kappa shape index (κ3) is 3.53. The maximum atomic E-state index is 14.3. The molecule has 0 bridgehead atoms. The Morgan fingerprint density at radius 2 is 2.11 bits per heavy atom. The normalized spacial score (nSPS) is 28.3. The SMILES string of the molecule is CC1/C=C\C(c2cnn(C)c2)=C(\F)CCCCN1C. The zero-order valence-electron chi connectivity index (χ0n) is 11.9. The third-order valence-corrected chi connectivity index (χ3v) is 3.70. The average Bonchev–Trinajstić information content (AvgIpc) is 2.80. The molecule has 1 aromatic rings. The number of aromatic nitrogens is 2. The molecule has 19 heavy (non-hydrogen) atoms. The lowest BCUT2D eigenvalue weighted by molar-refractivity contribution is 0.289. The fourth-order valence-corrected chi connectivity index (χ4v) is 2.27. The lowest BCUT2D eigenvalue weighted by Crippen LogP contribution is -2.28. The smallest absolute Gasteiger partial charge is 0.108 e. The quantitative estimate of drug-likeness (QED) is 0.776. The van der Waals surface area contributed by atoms with Crippen molar-refractivity contribution in [3.63, 3.8) is 0 Å². The molecule has 2 rings (SSSR count). The molecule has 3 nitrogen and oxygen atoms in total. The molecule has 0 spiro atoms. The number of likely N-dealkylation sites (N-methyl/N-ethyl adjacent to an activating group) is 1. The minimum atomic E-state index is -0.0268. The molecule has 1 aromatic heterocycles. The molecule has 0 fully saturated rings. The van der Waals surface area contributed by atoms with Crippen LogP contribution >= 0.6 is 0 Å². The molecule has 0 amide bonds. The molecule has 104 valence electrons. The molecule has 1 aliphatic heterocycles. The van der Waals surface area contributed by atoms with Crippen LogP contribution in [-0.4, -0.2) is 34.3 Å². The standard InChI is InChI=1S/C15H22FN3/c1-12-7-8-14(13-10-17-19(3)11-13)15(16)6-4-5-9-18(12)2/h7-8,10-12H,4-6,9H2,1-3H3/b8-7-,15-14-. The van der Waals surface area contributed by atoms with E-state index >= 15 is 0 Å². The third-order valence-electron chi connectivity index (χ3n) is 3.70. The van der Waals surface area contributed by atoms with Crippen molar-refractivity contribution >= 4 is 5.57 Å². The highest BCUT2D eigenvalue weighted by molar-refractivity contribution is 5.75. The predicted octanol–water partition coefficient (Wildman–Crippen LogP) is 3.16. The molecule has 0 aromatic carbocycles. The van der Waals surface area contributed by atoms with Crippen LogP contribution in [0, 0.1) is 0 Å². The summed E-state index contributed by atoms with van der Waals surface area (Å²) in [7, 11) is 3.96. The second kappa shape index (κ2) is 6.15. The van der Waals surface area contributed by atoms with Crippen molar-refractivity contribution in [2.45, 2.75) is 32.2 Å². The van der Waals surface area contributed by atoms with Gasteiger partial charge in [-0.25, -0.2) is 4.39 Å². The first-order valence-corrected chi connectivity index (χ1v) is 6.84. The number of rotatable bonds is 1. The molecule has 1 unspecified atom stereocenters. The Kier molecular flexibility index (Phi) is 4.53. The van der Waals surface area contributed by atoms with Crippen LogP contribution in [0.4, 0.5) is 4.39 Å². The Bertz CT molecular complexity index is 487. The van der Waals surface area contributed by atoms with E-state index in [0.29, 0.717) is 18.0 Å². The van der Waals surface area contributed by atoms with E-state index in [0.717, 1.165) is 24.9 Å². The molecule has 2 heterocycles. The predicted molar refractivity (Wildman–Crippen MR) is 76.3 cm³/mol. The zero-order chi connectivity index (χ0) is 13.8. The van der Waals surface area contributed by atoms with E-state index in [2.05, 4.69) is 30.0 Å². The van der Waals surface area contributed by atoms with Crippen LogP contribution in [-0.2, 0) is 7.05 Å². The Morgan fingerprint density at radius 1 is 1.32 bits per heavy atom. The number of hydrogen-bond donors (Lipinski definition) is 0. The van der Waals surface area contributed by atoms with Crippen molar-refractivity contribution < 1.29 is 4.39 Å². The van der Waals surface area contributed by atoms with Gasteiger partial charge in [-0.05, 0) is 39.8 Å². The summed E-state index contributed by atoms with van der Waals surface area (Å²) < 4.78 is 16.0. The van der Waals surface area contributed by atoms with E-state index in [1.807, 2.05) is 19.3 Å². The van der Waals surface area contributed by atoms with Crippen molar-refractivity contribution in [1.82, 2.24) is 14.7 Å². The lowest BCUT2D eigenvalue weighted by atomic mass is 10.0. The summed E-state index contributed by atoms with van der Waals surface area (Å²) in [5.74, 6) is -0.0268. The zero-order valence-corrected chi connectivity index (χ0v) is 11.9. The van der Waals surface area contributed by atoms with Gasteiger partial charge in [-0.15, -0.1) is 0 Å². The molecule has 0 radical (unpaired) electrons. The van der Waals surface area contributed by atoms with E-state index < -0.39 is 0 Å². The van der Waals surface area contributed by atoms with Crippen molar-refractivity contribution in [2.75, 3.05) is 13.6 Å². The summed E-state index contributed by atoms with van der Waals surface area (Å²) in [6, 6.07) is 0.317. The molecular weight excluding hydrogens is 241 g/mol. The first-order chi connectivity index (χ1) is 9.08. The second-order valence-electron chi connectivity index (χ2n) is 5.26. The highest BCUT2D eigenvalue weighted by atomic mass is 19.1. The minimum Gasteiger partial charge on any atom is -0.300 e. The average molecular weight is 263 g/mol. The van der Waals surface area contributed by atoms with Gasteiger partial charge in [-0.2, -0.15) is 5.10 Å². The van der Waals surface area contributed by atoms with Gasteiger partial charge >= 0.3 is 0 Å². The van der Waals surface area contributed by atoms with Crippen LogP contribution in [0.3, 0.4) is 0 Å². The van der Waals surface area contributed by atoms with Gasteiger partial charge in [0.2, 0.25) is 0 Å². The van der Waals surface area contributed by atoms with E-state index in [4.69, 9.17) is 0 Å². The first kappa shape index (κ1) is 14.0. The summed E-state index contributed by atoms with van der Waals surface area (Å²) in [5, 5.41) is 4.13. The Labute approximate surface area is 114 Å². The summed E-state index contributed by atoms with van der Waals surface area (Å²) in [6.07, 6.45) is 9.98. The van der Waals surface area contributed by atoms with E-state index in [1.165, 1.54) is 0 Å². The van der Waals surface area contributed by atoms with Gasteiger partial charge in [0.15, 0.2) is 0 Å². The van der Waals surface area contributed by atoms with E-state index in [9.17, 15) is 4.39 Å². The Balaban J connectivity index is 2.32. The summed E-state index contributed by atoms with van der Waals surface area (Å²) in [5.41, 5.74) is 1.53. The molecule has 1 atom stereocenters. The van der Waals surface area contributed by atoms with Crippen LogP contribution in [0.25, 0.3) is 5.57 Å². The van der Waals surface area contributed by atoms with Crippen LogP contribution in [0.15, 0.2) is 30.4 Å². The van der Waals surface area contributed by atoms with Gasteiger partial charge in [-0.3, -0.25) is 4.68 Å². The Hall–Kier alpha value is -1.42. The lowest BCUT2D eigenvalue weighted by Gasteiger charge is -2.22. The molecule has 0 saturated carbocycles. The van der Waals surface area contributed by atoms with E-state index in [1.54, 1.807) is 10.9 Å². The van der Waals surface area contributed by atoms with E-state index in [-0.39, 0.29) is 5.83 Å². The summed E-state index contributed by atoms with van der Waals surface area (Å²) >= 11 is 0. The highest BCUT2D eigenvalue weighted by Gasteiger charge is 2.12. The van der Waals surface area contributed by atoms with Crippen LogP contribution in [0.2, 0.25) is 0 Å². The number of halogens is 1. The van der Waals surface area contributed by atoms with Crippen molar-refractivity contribution in [1.29, 1.82) is 0 Å². The summed E-state index contributed by atoms with van der Waals surface area (Å²) in [4.78, 5) is 2.29. The Morgan fingerprint density at radius 3 is 2.79 bits per heavy atom. The van der Waals surface area contributed by atoms with Gasteiger partial charge in [0.25, 0.3) is 0 Å². The fraction of sp³-hybridized carbons (Fsp3) is 0.533. The highest BCUT2D eigenvalue weighted by Crippen LogP contribution is 2.25. The van der Waals surface area contributed by atoms with Gasteiger partial charge in [0.05, 0.1) is 6.20 Å². The van der Waals surface area contributed by atoms with Crippen molar-refractivity contribution in [2.24, 2.45) is 7.05 Å². The monoisotopic (exact) mass is 263 g/mol. The maximum absolute atomic E-state index is 14.3. The number of hydrogen-bond acceptors (Lipinski definition) is 2. The molecule has 0 saturated heterocycles. The first-order valence-electron chi connectivity index (χ1n) is 6.84. The topological polar surface area (TPSA) is 21.1 Å². The van der Waals surface area contributed by atoms with Gasteiger partial charge in [-0.1, -0.05) is 12.2 Å². The number of allylic oxidation sites excluding steroid dienone is 3. The van der Waals surface area contributed by atoms with Crippen LogP contribution < -0.4 is 0 Å². The summed E-state index contributed by atoms with van der Waals surface area (Å²) in [6.45, 7) is 3.15. The van der Waals surface area contributed by atoms with Crippen LogP contribution in [0.1, 0.15) is 31.7 Å². The molecule has 0 N–H and O–H groups in total. The van der Waals surface area contributed by atoms with Gasteiger partial charge in [0, 0.05) is 30.4 Å². The second-order valence-corrected chi connectivity index (χ2v) is 5.26. The number of aryl methyl sites for hydroxylation is 1. The van der Waals surface area contributed by atoms with Crippen molar-refractivity contribution in [3.8, 4) is 0 Å². The molecular formula is C15H22FN3.